The van der Waals surface area contributed by atoms with Crippen LogP contribution >= 0.6 is 0 Å². The molecule has 4 unspecified atom stereocenters. The third-order valence-electron chi connectivity index (χ3n) is 7.96. The summed E-state index contributed by atoms with van der Waals surface area (Å²) in [6.45, 7) is 19.6. The molecular formula is C27H45N3O6. The summed E-state index contributed by atoms with van der Waals surface area (Å²) in [5.41, 5.74) is -2.46. The van der Waals surface area contributed by atoms with Gasteiger partial charge >= 0.3 is 12.1 Å². The van der Waals surface area contributed by atoms with E-state index in [2.05, 4.69) is 24.5 Å². The average molecular weight is 508 g/mol. The minimum atomic E-state index is -1.05. The molecule has 3 amide bonds. The molecule has 1 saturated heterocycles. The Morgan fingerprint density at radius 1 is 1.06 bits per heavy atom. The summed E-state index contributed by atoms with van der Waals surface area (Å²) in [6, 6.07) is -1.60. The number of hydrogen-bond donors (Lipinski definition) is 2. The molecule has 0 aromatic heterocycles. The monoisotopic (exact) mass is 507 g/mol. The first-order chi connectivity index (χ1) is 16.3. The number of alkyl carbamates (subject to hydrolysis) is 1. The van der Waals surface area contributed by atoms with Gasteiger partial charge < -0.3 is 25.0 Å². The minimum absolute atomic E-state index is 0.0136. The summed E-state index contributed by atoms with van der Waals surface area (Å²) < 4.78 is 10.7. The average Bonchev–Trinajstić information content (AvgIpc) is 3.04. The zero-order chi connectivity index (χ0) is 27.4. The molecule has 4 atom stereocenters. The summed E-state index contributed by atoms with van der Waals surface area (Å²) in [5.74, 6) is -0.601. The summed E-state index contributed by atoms with van der Waals surface area (Å²) in [7, 11) is 0. The number of nitrogens with zero attached hydrogens (tertiary/aromatic N) is 1. The fraction of sp³-hybridized carbons (Fsp3) is 0.852. The molecular weight excluding hydrogens is 462 g/mol. The van der Waals surface area contributed by atoms with Crippen LogP contribution in [-0.2, 0) is 23.9 Å². The summed E-state index contributed by atoms with van der Waals surface area (Å²) in [6.07, 6.45) is 0.354. The van der Waals surface area contributed by atoms with Crippen molar-refractivity contribution in [1.29, 1.82) is 0 Å². The Bertz CT molecular complexity index is 909. The van der Waals surface area contributed by atoms with Crippen molar-refractivity contribution in [3.63, 3.8) is 0 Å². The first kappa shape index (κ1) is 28.3. The van der Waals surface area contributed by atoms with Gasteiger partial charge in [0.25, 0.3) is 0 Å². The number of amides is 3. The zero-order valence-corrected chi connectivity index (χ0v) is 23.6. The normalized spacial score (nSPS) is 31.4. The van der Waals surface area contributed by atoms with Crippen LogP contribution in [0, 0.1) is 28.6 Å². The third-order valence-corrected chi connectivity index (χ3v) is 7.96. The maximum Gasteiger partial charge on any atom is 0.408 e. The number of nitrogens with one attached hydrogen (secondary N) is 2. The number of rotatable bonds is 6. The molecule has 2 N–H and O–H groups in total. The molecule has 2 aliphatic carbocycles. The SMILES string of the molecule is CCOC(=O)C1(NC(=O)C2C3C(CN2C(=O)C(NC(=O)OC(C)(C)C)C(C)(C)C)C3(C)C)CC(C)C1. The summed E-state index contributed by atoms with van der Waals surface area (Å²) in [5, 5.41) is 5.75. The molecule has 0 radical (unpaired) electrons. The van der Waals surface area contributed by atoms with E-state index in [4.69, 9.17) is 9.47 Å². The molecule has 204 valence electrons. The predicted octanol–water partition coefficient (Wildman–Crippen LogP) is 3.26. The molecule has 1 heterocycles. The van der Waals surface area contributed by atoms with E-state index in [1.54, 1.807) is 32.6 Å². The number of carbonyl (C=O) groups is 4. The molecule has 0 aromatic carbocycles. The van der Waals surface area contributed by atoms with E-state index in [-0.39, 0.29) is 35.7 Å². The predicted molar refractivity (Wildman–Crippen MR) is 135 cm³/mol. The standard InChI is InChI=1S/C27H45N3O6/c1-11-35-22(33)27(12-15(2)13-27)29-20(31)18-17-16(26(17,9)10)14-30(18)21(32)19(24(3,4)5)28-23(34)36-25(6,7)8/h15-19H,11-14H2,1-10H3,(H,28,34)(H,29,31). The molecule has 2 saturated carbocycles. The van der Waals surface area contributed by atoms with Gasteiger partial charge in [0.1, 0.15) is 23.2 Å². The molecule has 0 bridgehead atoms. The number of ether oxygens (including phenoxy) is 2. The van der Waals surface area contributed by atoms with Gasteiger partial charge in [-0.3, -0.25) is 9.59 Å². The van der Waals surface area contributed by atoms with Gasteiger partial charge in [-0.1, -0.05) is 41.5 Å². The number of piperidine rings is 1. The number of esters is 1. The van der Waals surface area contributed by atoms with Crippen molar-refractivity contribution < 1.29 is 28.7 Å². The second-order valence-corrected chi connectivity index (χ2v) is 13.6. The molecule has 1 aliphatic heterocycles. The molecule has 36 heavy (non-hydrogen) atoms. The van der Waals surface area contributed by atoms with Crippen molar-refractivity contribution in [2.45, 2.75) is 105 Å². The van der Waals surface area contributed by atoms with Crippen molar-refractivity contribution in [2.24, 2.45) is 28.6 Å². The van der Waals surface area contributed by atoms with Crippen LogP contribution in [0.2, 0.25) is 0 Å². The Hall–Kier alpha value is -2.32. The highest BCUT2D eigenvalue weighted by molar-refractivity contribution is 5.96. The Kier molecular flexibility index (Phi) is 7.23. The maximum absolute atomic E-state index is 13.9. The lowest BCUT2D eigenvalue weighted by molar-refractivity contribution is -0.161. The second-order valence-electron chi connectivity index (χ2n) is 13.6. The molecule has 9 heteroatoms. The Balaban J connectivity index is 1.85. The highest BCUT2D eigenvalue weighted by Crippen LogP contribution is 2.65. The van der Waals surface area contributed by atoms with Crippen molar-refractivity contribution in [3.05, 3.63) is 0 Å². The first-order valence-electron chi connectivity index (χ1n) is 13.1. The number of fused-ring (bicyclic) bond motifs is 1. The van der Waals surface area contributed by atoms with Gasteiger partial charge in [-0.15, -0.1) is 0 Å². The Morgan fingerprint density at radius 2 is 1.64 bits per heavy atom. The third kappa shape index (κ3) is 5.35. The highest BCUT2D eigenvalue weighted by Gasteiger charge is 2.70. The minimum Gasteiger partial charge on any atom is -0.464 e. The van der Waals surface area contributed by atoms with Crippen LogP contribution in [0.25, 0.3) is 0 Å². The van der Waals surface area contributed by atoms with E-state index < -0.39 is 40.7 Å². The van der Waals surface area contributed by atoms with Crippen LogP contribution in [0.4, 0.5) is 4.79 Å². The quantitative estimate of drug-likeness (QED) is 0.534. The first-order valence-corrected chi connectivity index (χ1v) is 13.1. The van der Waals surface area contributed by atoms with Gasteiger partial charge in [0, 0.05) is 6.54 Å². The van der Waals surface area contributed by atoms with Crippen molar-refractivity contribution in [3.8, 4) is 0 Å². The molecule has 3 rings (SSSR count). The zero-order valence-electron chi connectivity index (χ0n) is 23.6. The topological polar surface area (TPSA) is 114 Å². The van der Waals surface area contributed by atoms with Gasteiger partial charge in [-0.2, -0.15) is 0 Å². The van der Waals surface area contributed by atoms with Crippen LogP contribution in [0.3, 0.4) is 0 Å². The van der Waals surface area contributed by atoms with Gasteiger partial charge in [0.2, 0.25) is 11.8 Å². The molecule has 9 nitrogen and oxygen atoms in total. The number of carbonyl (C=O) groups excluding carboxylic acids is 4. The van der Waals surface area contributed by atoms with Crippen molar-refractivity contribution >= 4 is 23.9 Å². The number of hydrogen-bond acceptors (Lipinski definition) is 6. The van der Waals surface area contributed by atoms with Gasteiger partial charge in [0.05, 0.1) is 6.61 Å². The lowest BCUT2D eigenvalue weighted by Gasteiger charge is -2.45. The van der Waals surface area contributed by atoms with Crippen LogP contribution < -0.4 is 10.6 Å². The Labute approximate surface area is 215 Å². The lowest BCUT2D eigenvalue weighted by Crippen LogP contribution is -2.66. The molecule has 3 aliphatic rings. The molecule has 0 spiro atoms. The highest BCUT2D eigenvalue weighted by atomic mass is 16.6. The van der Waals surface area contributed by atoms with Crippen molar-refractivity contribution in [2.75, 3.05) is 13.2 Å². The molecule has 3 fully saturated rings. The summed E-state index contributed by atoms with van der Waals surface area (Å²) >= 11 is 0. The van der Waals surface area contributed by atoms with Gasteiger partial charge in [-0.05, 0) is 69.1 Å². The summed E-state index contributed by atoms with van der Waals surface area (Å²) in [4.78, 5) is 54.6. The lowest BCUT2D eigenvalue weighted by atomic mass is 9.69. The second kappa shape index (κ2) is 9.21. The van der Waals surface area contributed by atoms with Gasteiger partial charge in [-0.25, -0.2) is 9.59 Å². The van der Waals surface area contributed by atoms with Crippen molar-refractivity contribution in [1.82, 2.24) is 15.5 Å². The van der Waals surface area contributed by atoms with Crippen LogP contribution in [0.15, 0.2) is 0 Å². The fourth-order valence-corrected chi connectivity index (χ4v) is 6.08. The Morgan fingerprint density at radius 3 is 2.11 bits per heavy atom. The van der Waals surface area contributed by atoms with Crippen LogP contribution in [-0.4, -0.2) is 65.2 Å². The smallest absolute Gasteiger partial charge is 0.408 e. The van der Waals surface area contributed by atoms with E-state index in [9.17, 15) is 19.2 Å². The van der Waals surface area contributed by atoms with E-state index >= 15 is 0 Å². The maximum atomic E-state index is 13.9. The van der Waals surface area contributed by atoms with E-state index in [1.165, 1.54) is 0 Å². The van der Waals surface area contributed by atoms with E-state index in [1.807, 2.05) is 27.7 Å². The van der Waals surface area contributed by atoms with E-state index in [0.717, 1.165) is 0 Å². The van der Waals surface area contributed by atoms with Crippen LogP contribution in [0.1, 0.15) is 82.1 Å². The van der Waals surface area contributed by atoms with Gasteiger partial charge in [0.15, 0.2) is 0 Å². The molecule has 0 aromatic rings. The largest absolute Gasteiger partial charge is 0.464 e. The van der Waals surface area contributed by atoms with E-state index in [0.29, 0.717) is 25.3 Å². The van der Waals surface area contributed by atoms with Crippen LogP contribution in [0.5, 0.6) is 0 Å². The number of likely N-dealkylation sites (tertiary alicyclic amines) is 1. The fourth-order valence-electron chi connectivity index (χ4n) is 6.08.